The van der Waals surface area contributed by atoms with Gasteiger partial charge in [-0.2, -0.15) is 0 Å². The lowest BCUT2D eigenvalue weighted by molar-refractivity contribution is -0.120. The van der Waals surface area contributed by atoms with E-state index in [1.807, 2.05) is 0 Å². The first-order valence-electron chi connectivity index (χ1n) is 8.32. The van der Waals surface area contributed by atoms with E-state index in [2.05, 4.69) is 10.1 Å². The zero-order chi connectivity index (χ0) is 20.9. The van der Waals surface area contributed by atoms with Crippen LogP contribution in [0.5, 0.6) is 0 Å². The molecule has 28 heavy (non-hydrogen) atoms. The van der Waals surface area contributed by atoms with Crippen LogP contribution in [0.4, 0.5) is 5.69 Å². The molecule has 7 nitrogen and oxygen atoms in total. The Morgan fingerprint density at radius 3 is 2.18 bits per heavy atom. The highest BCUT2D eigenvalue weighted by Gasteiger charge is 2.22. The fraction of sp³-hybridized carbons (Fsp3) is 0.263. The number of esters is 1. The van der Waals surface area contributed by atoms with E-state index in [0.29, 0.717) is 5.02 Å². The zero-order valence-corrected chi connectivity index (χ0v) is 17.3. The lowest BCUT2D eigenvalue weighted by Gasteiger charge is -2.23. The van der Waals surface area contributed by atoms with Crippen LogP contribution in [-0.2, 0) is 19.6 Å². The monoisotopic (exact) mass is 424 g/mol. The van der Waals surface area contributed by atoms with Gasteiger partial charge < -0.3 is 10.1 Å². The van der Waals surface area contributed by atoms with E-state index in [9.17, 15) is 18.0 Å². The maximum Gasteiger partial charge on any atom is 0.337 e. The van der Waals surface area contributed by atoms with E-state index in [0.717, 1.165) is 16.1 Å². The summed E-state index contributed by atoms with van der Waals surface area (Å²) < 4.78 is 29.9. The lowest BCUT2D eigenvalue weighted by Crippen LogP contribution is -2.41. The number of sulfonamides is 1. The molecule has 9 heteroatoms. The second-order valence-electron chi connectivity index (χ2n) is 6.15. The molecule has 2 aromatic rings. The van der Waals surface area contributed by atoms with Gasteiger partial charge in [-0.25, -0.2) is 13.2 Å². The largest absolute Gasteiger partial charge is 0.465 e. The summed E-state index contributed by atoms with van der Waals surface area (Å²) in [4.78, 5) is 23.9. The molecule has 2 rings (SSSR count). The summed E-state index contributed by atoms with van der Waals surface area (Å²) in [7, 11) is -2.46. The normalized spacial score (nSPS) is 12.1. The van der Waals surface area contributed by atoms with Crippen molar-refractivity contribution in [3.05, 3.63) is 64.7 Å². The predicted molar refractivity (Wildman–Crippen MR) is 108 cm³/mol. The fourth-order valence-corrected chi connectivity index (χ4v) is 3.52. The Kier molecular flexibility index (Phi) is 7.04. The van der Waals surface area contributed by atoms with Gasteiger partial charge in [0.2, 0.25) is 15.9 Å². The number of nitrogens with one attached hydrogen (secondary N) is 1. The van der Waals surface area contributed by atoms with Crippen molar-refractivity contribution < 1.29 is 22.7 Å². The Bertz CT molecular complexity index is 943. The number of carbonyl (C=O) groups excluding carboxylic acids is 2. The second kappa shape index (κ2) is 9.07. The van der Waals surface area contributed by atoms with Crippen LogP contribution in [0.2, 0.25) is 5.02 Å². The number of hydrogen-bond donors (Lipinski definition) is 1. The number of benzene rings is 2. The quantitative estimate of drug-likeness (QED) is 0.690. The van der Waals surface area contributed by atoms with E-state index < -0.39 is 28.4 Å². The number of methoxy groups -OCH3 is 1. The highest BCUT2D eigenvalue weighted by atomic mass is 35.5. The molecule has 0 bridgehead atoms. The van der Waals surface area contributed by atoms with Crippen LogP contribution >= 0.6 is 11.6 Å². The van der Waals surface area contributed by atoms with Crippen molar-refractivity contribution in [1.29, 1.82) is 0 Å². The van der Waals surface area contributed by atoms with Gasteiger partial charge in [0.1, 0.15) is 6.54 Å². The Morgan fingerprint density at radius 1 is 1.11 bits per heavy atom. The molecule has 2 aromatic carbocycles. The van der Waals surface area contributed by atoms with E-state index >= 15 is 0 Å². The molecule has 150 valence electrons. The number of halogens is 1. The van der Waals surface area contributed by atoms with Gasteiger partial charge in [0.15, 0.2) is 0 Å². The third-order valence-corrected chi connectivity index (χ3v) is 5.40. The van der Waals surface area contributed by atoms with Crippen molar-refractivity contribution in [3.8, 4) is 0 Å². The van der Waals surface area contributed by atoms with Gasteiger partial charge in [0.25, 0.3) is 0 Å². The van der Waals surface area contributed by atoms with Crippen LogP contribution < -0.4 is 9.62 Å². The summed E-state index contributed by atoms with van der Waals surface area (Å²) in [6, 6.07) is 12.4. The number of amides is 1. The van der Waals surface area contributed by atoms with Crippen molar-refractivity contribution in [2.75, 3.05) is 24.2 Å². The SMILES string of the molecule is COC(=O)c1ccc(N(CC(=O)NC(C)c2ccc(Cl)cc2)S(C)(=O)=O)cc1. The molecule has 0 aliphatic heterocycles. The molecule has 0 radical (unpaired) electrons. The summed E-state index contributed by atoms with van der Waals surface area (Å²) in [5.41, 5.74) is 1.39. The number of nitrogens with zero attached hydrogens (tertiary/aromatic N) is 1. The average Bonchev–Trinajstić information content (AvgIpc) is 2.65. The fourth-order valence-electron chi connectivity index (χ4n) is 2.53. The van der Waals surface area contributed by atoms with Crippen LogP contribution in [-0.4, -0.2) is 40.2 Å². The summed E-state index contributed by atoms with van der Waals surface area (Å²) in [6.45, 7) is 1.39. The van der Waals surface area contributed by atoms with Gasteiger partial charge in [0.05, 0.1) is 30.7 Å². The molecule has 0 aliphatic rings. The molecule has 0 aromatic heterocycles. The van der Waals surface area contributed by atoms with Gasteiger partial charge in [-0.1, -0.05) is 23.7 Å². The first kappa shape index (κ1) is 21.7. The average molecular weight is 425 g/mol. The van der Waals surface area contributed by atoms with Gasteiger partial charge in [-0.15, -0.1) is 0 Å². The molecule has 0 saturated carbocycles. The number of carbonyl (C=O) groups is 2. The number of ether oxygens (including phenoxy) is 1. The molecule has 0 saturated heterocycles. The summed E-state index contributed by atoms with van der Waals surface area (Å²) in [5, 5.41) is 3.35. The first-order valence-corrected chi connectivity index (χ1v) is 10.6. The van der Waals surface area contributed by atoms with Crippen molar-refractivity contribution in [1.82, 2.24) is 5.32 Å². The van der Waals surface area contributed by atoms with Gasteiger partial charge in [0, 0.05) is 5.02 Å². The van der Waals surface area contributed by atoms with Crippen LogP contribution in [0.1, 0.15) is 28.9 Å². The third-order valence-electron chi connectivity index (χ3n) is 4.01. The Balaban J connectivity index is 2.14. The summed E-state index contributed by atoms with van der Waals surface area (Å²) in [5.74, 6) is -1.00. The van der Waals surface area contributed by atoms with E-state index in [4.69, 9.17) is 11.6 Å². The van der Waals surface area contributed by atoms with Crippen molar-refractivity contribution >= 4 is 39.2 Å². The molecule has 0 spiro atoms. The molecule has 1 N–H and O–H groups in total. The Labute approximate surface area is 169 Å². The van der Waals surface area contributed by atoms with E-state index in [1.165, 1.54) is 31.4 Å². The van der Waals surface area contributed by atoms with Crippen LogP contribution in [0, 0.1) is 0 Å². The molecular weight excluding hydrogens is 404 g/mol. The molecule has 1 amide bonds. The smallest absolute Gasteiger partial charge is 0.337 e. The molecule has 1 unspecified atom stereocenters. The number of rotatable bonds is 7. The highest BCUT2D eigenvalue weighted by Crippen LogP contribution is 2.20. The number of anilines is 1. The molecular formula is C19H21ClN2O5S. The molecule has 0 heterocycles. The minimum Gasteiger partial charge on any atom is -0.465 e. The summed E-state index contributed by atoms with van der Waals surface area (Å²) in [6.07, 6.45) is 1.01. The zero-order valence-electron chi connectivity index (χ0n) is 15.7. The van der Waals surface area contributed by atoms with Crippen LogP contribution in [0.3, 0.4) is 0 Å². The van der Waals surface area contributed by atoms with Gasteiger partial charge in [-0.05, 0) is 48.9 Å². The first-order chi connectivity index (χ1) is 13.1. The third kappa shape index (κ3) is 5.71. The Morgan fingerprint density at radius 2 is 1.68 bits per heavy atom. The van der Waals surface area contributed by atoms with E-state index in [1.54, 1.807) is 31.2 Å². The lowest BCUT2D eigenvalue weighted by atomic mass is 10.1. The van der Waals surface area contributed by atoms with E-state index in [-0.39, 0.29) is 17.3 Å². The topological polar surface area (TPSA) is 92.8 Å². The van der Waals surface area contributed by atoms with Crippen LogP contribution in [0.25, 0.3) is 0 Å². The predicted octanol–water partition coefficient (Wildman–Crippen LogP) is 2.77. The summed E-state index contributed by atoms with van der Waals surface area (Å²) >= 11 is 5.86. The molecule has 1 atom stereocenters. The maximum atomic E-state index is 12.4. The molecule has 0 fully saturated rings. The standard InChI is InChI=1S/C19H21ClN2O5S/c1-13(14-4-8-16(20)9-5-14)21-18(23)12-22(28(3,25)26)17-10-6-15(7-11-17)19(24)27-2/h4-11,13H,12H2,1-3H3,(H,21,23). The second-order valence-corrected chi connectivity index (χ2v) is 8.49. The van der Waals surface area contributed by atoms with Crippen molar-refractivity contribution in [3.63, 3.8) is 0 Å². The van der Waals surface area contributed by atoms with Gasteiger partial charge in [-0.3, -0.25) is 9.10 Å². The molecule has 0 aliphatic carbocycles. The van der Waals surface area contributed by atoms with Crippen molar-refractivity contribution in [2.45, 2.75) is 13.0 Å². The number of hydrogen-bond acceptors (Lipinski definition) is 5. The highest BCUT2D eigenvalue weighted by molar-refractivity contribution is 7.92. The minimum absolute atomic E-state index is 0.268. The Hall–Kier alpha value is -2.58. The van der Waals surface area contributed by atoms with Crippen molar-refractivity contribution in [2.24, 2.45) is 0 Å². The minimum atomic E-state index is -3.72. The van der Waals surface area contributed by atoms with Crippen LogP contribution in [0.15, 0.2) is 48.5 Å². The van der Waals surface area contributed by atoms with Gasteiger partial charge >= 0.3 is 5.97 Å². The maximum absolute atomic E-state index is 12.4.